The summed E-state index contributed by atoms with van der Waals surface area (Å²) in [5, 5.41) is 17.4. The second-order valence-electron chi connectivity index (χ2n) is 7.22. The fraction of sp³-hybridized carbons (Fsp3) is 0.0833. The number of carboxylic acid groups (broad SMARTS) is 1. The van der Waals surface area contributed by atoms with Gasteiger partial charge in [0.25, 0.3) is 11.5 Å². The van der Waals surface area contributed by atoms with E-state index in [9.17, 15) is 19.5 Å². The van der Waals surface area contributed by atoms with Crippen molar-refractivity contribution in [3.8, 4) is 0 Å². The predicted molar refractivity (Wildman–Crippen MR) is 122 cm³/mol. The maximum atomic E-state index is 13.4. The molecule has 0 aliphatic heterocycles. The van der Waals surface area contributed by atoms with Crippen LogP contribution >= 0.6 is 11.6 Å². The number of benzene rings is 3. The van der Waals surface area contributed by atoms with Crippen LogP contribution in [0.2, 0.25) is 5.02 Å². The van der Waals surface area contributed by atoms with Crippen LogP contribution in [0.4, 0.5) is 5.69 Å². The maximum absolute atomic E-state index is 13.4. The lowest BCUT2D eigenvalue weighted by Crippen LogP contribution is -2.37. The van der Waals surface area contributed by atoms with E-state index < -0.39 is 23.5 Å². The number of hydrogen-bond donors (Lipinski definition) is 2. The van der Waals surface area contributed by atoms with E-state index in [0.29, 0.717) is 16.3 Å². The van der Waals surface area contributed by atoms with Crippen LogP contribution in [0, 0.1) is 6.92 Å². The van der Waals surface area contributed by atoms with Gasteiger partial charge in [0.1, 0.15) is 0 Å². The summed E-state index contributed by atoms with van der Waals surface area (Å²) in [5.41, 5.74) is 0.884. The van der Waals surface area contributed by atoms with Crippen LogP contribution in [-0.4, -0.2) is 26.8 Å². The number of aromatic nitrogens is 2. The Morgan fingerprint density at radius 3 is 2.31 bits per heavy atom. The van der Waals surface area contributed by atoms with Gasteiger partial charge in [0.15, 0.2) is 11.7 Å². The minimum atomic E-state index is -1.30. The summed E-state index contributed by atoms with van der Waals surface area (Å²) < 4.78 is 0.923. The number of carbonyl (C=O) groups excluding carboxylic acids is 1. The number of nitrogens with one attached hydrogen (secondary N) is 1. The Bertz CT molecular complexity index is 1400. The molecule has 0 saturated carbocycles. The molecular weight excluding hydrogens is 430 g/mol. The van der Waals surface area contributed by atoms with Crippen molar-refractivity contribution < 1.29 is 14.7 Å². The molecule has 4 rings (SSSR count). The number of halogens is 1. The zero-order valence-electron chi connectivity index (χ0n) is 16.9. The normalized spacial score (nSPS) is 11.8. The molecule has 32 heavy (non-hydrogen) atoms. The van der Waals surface area contributed by atoms with Gasteiger partial charge in [-0.25, -0.2) is 9.48 Å². The number of amides is 1. The van der Waals surface area contributed by atoms with Crippen LogP contribution in [0.5, 0.6) is 0 Å². The molecule has 1 atom stereocenters. The van der Waals surface area contributed by atoms with Gasteiger partial charge in [-0.15, -0.1) is 0 Å². The van der Waals surface area contributed by atoms with Crippen LogP contribution in [0.25, 0.3) is 10.8 Å². The summed E-state index contributed by atoms with van der Waals surface area (Å²) in [6.45, 7) is 1.84. The topological polar surface area (TPSA) is 101 Å². The molecule has 0 bridgehead atoms. The fourth-order valence-electron chi connectivity index (χ4n) is 3.46. The van der Waals surface area contributed by atoms with Crippen molar-refractivity contribution in [3.05, 3.63) is 105 Å². The number of nitrogens with zero attached hydrogens (tertiary/aromatic N) is 2. The standard InChI is InChI=1S/C24H18ClN3O4/c1-14-11-12-16(13-19(14)25)26-22(29)21(15-7-3-2-4-8-15)28-23(30)18-10-6-5-9-17(18)20(27-28)24(31)32/h2-13,21H,1H3,(H,26,29)(H,31,32). The number of fused-ring (bicyclic) bond motifs is 1. The van der Waals surface area contributed by atoms with Crippen molar-refractivity contribution in [2.24, 2.45) is 0 Å². The number of rotatable bonds is 5. The third-order valence-corrected chi connectivity index (χ3v) is 5.49. The van der Waals surface area contributed by atoms with Crippen molar-refractivity contribution in [2.75, 3.05) is 5.32 Å². The first-order chi connectivity index (χ1) is 15.4. The summed E-state index contributed by atoms with van der Waals surface area (Å²) in [5.74, 6) is -1.86. The Morgan fingerprint density at radius 1 is 1.00 bits per heavy atom. The van der Waals surface area contributed by atoms with Crippen molar-refractivity contribution in [1.29, 1.82) is 0 Å². The van der Waals surface area contributed by atoms with Crippen molar-refractivity contribution >= 4 is 39.9 Å². The average Bonchev–Trinajstić information content (AvgIpc) is 2.78. The molecule has 0 aliphatic carbocycles. The average molecular weight is 448 g/mol. The Morgan fingerprint density at radius 2 is 1.66 bits per heavy atom. The van der Waals surface area contributed by atoms with Gasteiger partial charge in [-0.3, -0.25) is 9.59 Å². The van der Waals surface area contributed by atoms with Gasteiger partial charge < -0.3 is 10.4 Å². The molecule has 0 saturated heterocycles. The highest BCUT2D eigenvalue weighted by molar-refractivity contribution is 6.31. The van der Waals surface area contributed by atoms with Gasteiger partial charge in [-0.2, -0.15) is 5.10 Å². The van der Waals surface area contributed by atoms with Gasteiger partial charge in [-0.05, 0) is 36.2 Å². The van der Waals surface area contributed by atoms with E-state index in [0.717, 1.165) is 10.2 Å². The van der Waals surface area contributed by atoms with Gasteiger partial charge in [-0.1, -0.05) is 66.2 Å². The summed E-state index contributed by atoms with van der Waals surface area (Å²) in [4.78, 5) is 38.5. The monoisotopic (exact) mass is 447 g/mol. The summed E-state index contributed by atoms with van der Waals surface area (Å²) in [7, 11) is 0. The summed E-state index contributed by atoms with van der Waals surface area (Å²) in [6, 6.07) is 18.7. The van der Waals surface area contributed by atoms with Crippen LogP contribution in [-0.2, 0) is 4.79 Å². The number of carboxylic acids is 1. The molecule has 0 fully saturated rings. The number of carbonyl (C=O) groups is 2. The van der Waals surface area contributed by atoms with E-state index in [1.807, 2.05) is 6.92 Å². The zero-order chi connectivity index (χ0) is 22.8. The molecule has 1 amide bonds. The van der Waals surface area contributed by atoms with Gasteiger partial charge in [0, 0.05) is 16.1 Å². The van der Waals surface area contributed by atoms with E-state index in [2.05, 4.69) is 10.4 Å². The Hall–Kier alpha value is -3.97. The maximum Gasteiger partial charge on any atom is 0.357 e. The van der Waals surface area contributed by atoms with Crippen LogP contribution in [0.15, 0.2) is 77.6 Å². The van der Waals surface area contributed by atoms with Crippen LogP contribution < -0.4 is 10.9 Å². The molecule has 160 valence electrons. The van der Waals surface area contributed by atoms with E-state index >= 15 is 0 Å². The van der Waals surface area contributed by atoms with E-state index in [-0.39, 0.29) is 16.5 Å². The number of aromatic carboxylic acids is 1. The number of hydrogen-bond acceptors (Lipinski definition) is 4. The highest BCUT2D eigenvalue weighted by atomic mass is 35.5. The first kappa shape index (κ1) is 21.3. The Labute approximate surface area is 187 Å². The molecule has 0 radical (unpaired) electrons. The van der Waals surface area contributed by atoms with E-state index in [4.69, 9.17) is 11.6 Å². The van der Waals surface area contributed by atoms with Crippen LogP contribution in [0.3, 0.4) is 0 Å². The lowest BCUT2D eigenvalue weighted by atomic mass is 10.1. The third kappa shape index (κ3) is 3.98. The van der Waals surface area contributed by atoms with Gasteiger partial charge in [0.05, 0.1) is 5.39 Å². The van der Waals surface area contributed by atoms with Gasteiger partial charge in [0.2, 0.25) is 0 Å². The minimum Gasteiger partial charge on any atom is -0.476 e. The first-order valence-corrected chi connectivity index (χ1v) is 10.1. The molecule has 8 heteroatoms. The molecule has 2 N–H and O–H groups in total. The lowest BCUT2D eigenvalue weighted by molar-refractivity contribution is -0.118. The van der Waals surface area contributed by atoms with Gasteiger partial charge >= 0.3 is 5.97 Å². The van der Waals surface area contributed by atoms with Crippen molar-refractivity contribution in [1.82, 2.24) is 9.78 Å². The minimum absolute atomic E-state index is 0.159. The molecule has 1 aromatic heterocycles. The fourth-order valence-corrected chi connectivity index (χ4v) is 3.64. The molecule has 1 heterocycles. The van der Waals surface area contributed by atoms with Crippen molar-refractivity contribution in [2.45, 2.75) is 13.0 Å². The number of aryl methyl sites for hydroxylation is 1. The molecule has 3 aromatic carbocycles. The largest absolute Gasteiger partial charge is 0.476 e. The SMILES string of the molecule is Cc1ccc(NC(=O)C(c2ccccc2)n2nc(C(=O)O)c3ccccc3c2=O)cc1Cl. The smallest absolute Gasteiger partial charge is 0.357 e. The number of anilines is 1. The molecule has 4 aromatic rings. The van der Waals surface area contributed by atoms with Crippen LogP contribution in [0.1, 0.15) is 27.7 Å². The quantitative estimate of drug-likeness (QED) is 0.475. The summed E-state index contributed by atoms with van der Waals surface area (Å²) in [6.07, 6.45) is 0. The highest BCUT2D eigenvalue weighted by Gasteiger charge is 2.28. The lowest BCUT2D eigenvalue weighted by Gasteiger charge is -2.20. The Balaban J connectivity index is 1.90. The molecule has 1 unspecified atom stereocenters. The van der Waals surface area contributed by atoms with E-state index in [1.165, 1.54) is 12.1 Å². The first-order valence-electron chi connectivity index (χ1n) is 9.73. The molecule has 0 spiro atoms. The summed E-state index contributed by atoms with van der Waals surface area (Å²) >= 11 is 6.17. The van der Waals surface area contributed by atoms with Crippen molar-refractivity contribution in [3.63, 3.8) is 0 Å². The third-order valence-electron chi connectivity index (χ3n) is 5.08. The second-order valence-corrected chi connectivity index (χ2v) is 7.62. The highest BCUT2D eigenvalue weighted by Crippen LogP contribution is 2.24. The van der Waals surface area contributed by atoms with E-state index in [1.54, 1.807) is 60.7 Å². The molecule has 0 aliphatic rings. The second kappa shape index (κ2) is 8.64. The molecule has 7 nitrogen and oxygen atoms in total. The Kier molecular flexibility index (Phi) is 5.75. The zero-order valence-corrected chi connectivity index (χ0v) is 17.7. The predicted octanol–water partition coefficient (Wildman–Crippen LogP) is 4.28. The molecular formula is C24H18ClN3O4.